The van der Waals surface area contributed by atoms with E-state index in [2.05, 4.69) is 10.4 Å². The number of halogens is 1. The molecule has 6 nitrogen and oxygen atoms in total. The van der Waals surface area contributed by atoms with Crippen molar-refractivity contribution in [3.05, 3.63) is 70.3 Å². The Balaban J connectivity index is 1.88. The number of carbonyl (C=O) groups excluding carboxylic acids is 1. The van der Waals surface area contributed by atoms with Crippen molar-refractivity contribution in [1.29, 1.82) is 0 Å². The van der Waals surface area contributed by atoms with Gasteiger partial charge in [0.25, 0.3) is 0 Å². The lowest BCUT2D eigenvalue weighted by atomic mass is 9.88. The molecule has 1 N–H and O–H groups in total. The van der Waals surface area contributed by atoms with Gasteiger partial charge in [-0.3, -0.25) is 9.59 Å². The number of rotatable bonds is 5. The molecular formula is C25H26FN3O3. The number of nitrogens with one attached hydrogen (secondary N) is 1. The van der Waals surface area contributed by atoms with Crippen LogP contribution in [0.5, 0.6) is 5.75 Å². The summed E-state index contributed by atoms with van der Waals surface area (Å²) in [7, 11) is 1.57. The largest absolute Gasteiger partial charge is 0.497 e. The van der Waals surface area contributed by atoms with Crippen molar-refractivity contribution in [3.8, 4) is 22.6 Å². The van der Waals surface area contributed by atoms with Crippen LogP contribution in [0.25, 0.3) is 16.8 Å². The highest BCUT2D eigenvalue weighted by molar-refractivity contribution is 5.96. The summed E-state index contributed by atoms with van der Waals surface area (Å²) in [5.41, 5.74) is 1.52. The number of anilines is 1. The molecule has 1 saturated carbocycles. The van der Waals surface area contributed by atoms with Crippen LogP contribution in [0.2, 0.25) is 0 Å². The highest BCUT2D eigenvalue weighted by Crippen LogP contribution is 2.31. The van der Waals surface area contributed by atoms with Crippen LogP contribution in [0.1, 0.15) is 37.8 Å². The zero-order valence-electron chi connectivity index (χ0n) is 18.2. The number of amides is 1. The molecule has 1 amide bonds. The molecule has 3 aromatic rings. The van der Waals surface area contributed by atoms with E-state index in [0.717, 1.165) is 32.1 Å². The highest BCUT2D eigenvalue weighted by atomic mass is 19.1. The van der Waals surface area contributed by atoms with E-state index in [1.807, 2.05) is 0 Å². The first-order valence-corrected chi connectivity index (χ1v) is 10.8. The fourth-order valence-corrected chi connectivity index (χ4v) is 4.13. The standard InChI is InChI=1S/C25H26FN3O3/c1-16-23(30)22(17-8-14-21(32-2)15-9-17)24(27-25(31)18-6-4-3-5-7-18)29(28-16)20-12-10-19(26)11-13-20/h8-15,18H,3-7H2,1-2H3,(H,27,31). The lowest BCUT2D eigenvalue weighted by Gasteiger charge is -2.23. The first-order chi connectivity index (χ1) is 15.5. The lowest BCUT2D eigenvalue weighted by molar-refractivity contribution is -0.120. The van der Waals surface area contributed by atoms with E-state index in [1.165, 1.54) is 16.8 Å². The third-order valence-electron chi connectivity index (χ3n) is 5.92. The fraction of sp³-hybridized carbons (Fsp3) is 0.320. The molecule has 0 saturated heterocycles. The minimum atomic E-state index is -0.380. The first kappa shape index (κ1) is 21.7. The Kier molecular flexibility index (Phi) is 6.35. The normalized spacial score (nSPS) is 14.2. The smallest absolute Gasteiger partial charge is 0.228 e. The van der Waals surface area contributed by atoms with Crippen molar-refractivity contribution in [2.24, 2.45) is 5.92 Å². The maximum Gasteiger partial charge on any atom is 0.228 e. The predicted molar refractivity (Wildman–Crippen MR) is 122 cm³/mol. The molecule has 0 atom stereocenters. The maximum absolute atomic E-state index is 13.6. The van der Waals surface area contributed by atoms with Gasteiger partial charge in [-0.1, -0.05) is 31.4 Å². The summed E-state index contributed by atoms with van der Waals surface area (Å²) < 4.78 is 20.3. The highest BCUT2D eigenvalue weighted by Gasteiger charge is 2.25. The zero-order valence-corrected chi connectivity index (χ0v) is 18.2. The molecule has 1 aliphatic rings. The van der Waals surface area contributed by atoms with Gasteiger partial charge in [0.15, 0.2) is 0 Å². The summed E-state index contributed by atoms with van der Waals surface area (Å²) in [5, 5.41) is 7.43. The Morgan fingerprint density at radius 1 is 1.06 bits per heavy atom. The van der Waals surface area contributed by atoms with Crippen molar-refractivity contribution >= 4 is 11.7 Å². The SMILES string of the molecule is COc1ccc(-c2c(NC(=O)C3CCCCC3)n(-c3ccc(F)cc3)nc(C)c2=O)cc1. The van der Waals surface area contributed by atoms with Gasteiger partial charge in [-0.15, -0.1) is 0 Å². The summed E-state index contributed by atoms with van der Waals surface area (Å²) in [6.07, 6.45) is 4.81. The van der Waals surface area contributed by atoms with Crippen LogP contribution in [0.4, 0.5) is 10.2 Å². The number of aromatic nitrogens is 2. The molecule has 0 spiro atoms. The number of benzene rings is 2. The molecule has 4 rings (SSSR count). The first-order valence-electron chi connectivity index (χ1n) is 10.8. The quantitative estimate of drug-likeness (QED) is 0.620. The number of hydrogen-bond acceptors (Lipinski definition) is 4. The number of aryl methyl sites for hydroxylation is 1. The molecule has 166 valence electrons. The van der Waals surface area contributed by atoms with Gasteiger partial charge in [-0.2, -0.15) is 5.10 Å². The van der Waals surface area contributed by atoms with Gasteiger partial charge in [0, 0.05) is 5.92 Å². The van der Waals surface area contributed by atoms with E-state index in [9.17, 15) is 14.0 Å². The summed E-state index contributed by atoms with van der Waals surface area (Å²) in [6.45, 7) is 1.63. The molecule has 1 aromatic heterocycles. The van der Waals surface area contributed by atoms with Crippen LogP contribution in [0.15, 0.2) is 53.3 Å². The maximum atomic E-state index is 13.6. The van der Waals surface area contributed by atoms with Crippen molar-refractivity contribution < 1.29 is 13.9 Å². The van der Waals surface area contributed by atoms with E-state index in [4.69, 9.17) is 4.74 Å². The van der Waals surface area contributed by atoms with Crippen LogP contribution in [-0.2, 0) is 4.79 Å². The number of carbonyl (C=O) groups is 1. The van der Waals surface area contributed by atoms with Crippen molar-refractivity contribution in [3.63, 3.8) is 0 Å². The Morgan fingerprint density at radius 3 is 2.34 bits per heavy atom. The minimum absolute atomic E-state index is 0.106. The number of ether oxygens (including phenoxy) is 1. The van der Waals surface area contributed by atoms with Crippen molar-refractivity contribution in [2.75, 3.05) is 12.4 Å². The van der Waals surface area contributed by atoms with Crippen molar-refractivity contribution in [2.45, 2.75) is 39.0 Å². The third-order valence-corrected chi connectivity index (χ3v) is 5.92. The average Bonchev–Trinajstić information content (AvgIpc) is 2.83. The van der Waals surface area contributed by atoms with Gasteiger partial charge >= 0.3 is 0 Å². The predicted octanol–water partition coefficient (Wildman–Crippen LogP) is 4.87. The molecule has 1 fully saturated rings. The molecule has 0 radical (unpaired) electrons. The summed E-state index contributed by atoms with van der Waals surface area (Å²) >= 11 is 0. The molecule has 0 unspecified atom stereocenters. The molecule has 2 aromatic carbocycles. The molecule has 32 heavy (non-hydrogen) atoms. The zero-order chi connectivity index (χ0) is 22.7. The molecule has 1 heterocycles. The molecule has 1 aliphatic carbocycles. The van der Waals surface area contributed by atoms with Crippen LogP contribution in [0.3, 0.4) is 0 Å². The second kappa shape index (κ2) is 9.34. The number of hydrogen-bond donors (Lipinski definition) is 1. The fourth-order valence-electron chi connectivity index (χ4n) is 4.13. The third kappa shape index (κ3) is 4.42. The van der Waals surface area contributed by atoms with E-state index >= 15 is 0 Å². The Hall–Kier alpha value is -3.48. The van der Waals surface area contributed by atoms with Gasteiger partial charge in [-0.05, 0) is 61.7 Å². The molecular weight excluding hydrogens is 409 g/mol. The van der Waals surface area contributed by atoms with E-state index < -0.39 is 0 Å². The lowest BCUT2D eigenvalue weighted by Crippen LogP contribution is -2.29. The van der Waals surface area contributed by atoms with Gasteiger partial charge in [-0.25, -0.2) is 9.07 Å². The van der Waals surface area contributed by atoms with Crippen molar-refractivity contribution in [1.82, 2.24) is 9.78 Å². The number of methoxy groups -OCH3 is 1. The second-order valence-electron chi connectivity index (χ2n) is 8.08. The van der Waals surface area contributed by atoms with Crippen LogP contribution >= 0.6 is 0 Å². The van der Waals surface area contributed by atoms with E-state index in [0.29, 0.717) is 22.6 Å². The Morgan fingerprint density at radius 2 is 1.72 bits per heavy atom. The van der Waals surface area contributed by atoms with Gasteiger partial charge in [0.2, 0.25) is 11.3 Å². The van der Waals surface area contributed by atoms with Crippen LogP contribution in [-0.4, -0.2) is 22.8 Å². The van der Waals surface area contributed by atoms with Gasteiger partial charge < -0.3 is 10.1 Å². The van der Waals surface area contributed by atoms with Crippen LogP contribution in [0, 0.1) is 18.7 Å². The summed E-state index contributed by atoms with van der Waals surface area (Å²) in [4.78, 5) is 26.4. The average molecular weight is 435 g/mol. The van der Waals surface area contributed by atoms with E-state index in [1.54, 1.807) is 50.4 Å². The minimum Gasteiger partial charge on any atom is -0.497 e. The summed E-state index contributed by atoms with van der Waals surface area (Å²) in [6, 6.07) is 12.9. The van der Waals surface area contributed by atoms with E-state index in [-0.39, 0.29) is 34.6 Å². The van der Waals surface area contributed by atoms with Gasteiger partial charge in [0.05, 0.1) is 18.4 Å². The van der Waals surface area contributed by atoms with Crippen LogP contribution < -0.4 is 15.5 Å². The summed E-state index contributed by atoms with van der Waals surface area (Å²) in [5.74, 6) is 0.333. The second-order valence-corrected chi connectivity index (χ2v) is 8.08. The Labute approximate surface area is 186 Å². The number of nitrogens with zero attached hydrogens (tertiary/aromatic N) is 2. The molecule has 7 heteroatoms. The Bertz CT molecular complexity index is 1160. The van der Waals surface area contributed by atoms with Gasteiger partial charge in [0.1, 0.15) is 23.1 Å². The monoisotopic (exact) mass is 435 g/mol. The molecule has 0 aliphatic heterocycles. The molecule has 0 bridgehead atoms. The topological polar surface area (TPSA) is 73.2 Å².